The highest BCUT2D eigenvalue weighted by Gasteiger charge is 2.59. The van der Waals surface area contributed by atoms with Crippen molar-refractivity contribution >= 4 is 5.97 Å². The molecule has 2 atom stereocenters. The van der Waals surface area contributed by atoms with Crippen molar-refractivity contribution in [2.45, 2.75) is 38.0 Å². The summed E-state index contributed by atoms with van der Waals surface area (Å²) < 4.78 is 4.98. The third-order valence-electron chi connectivity index (χ3n) is 4.47. The van der Waals surface area contributed by atoms with Crippen LogP contribution in [0.1, 0.15) is 36.5 Å². The maximum absolute atomic E-state index is 12.0. The van der Waals surface area contributed by atoms with Crippen molar-refractivity contribution < 1.29 is 9.53 Å². The summed E-state index contributed by atoms with van der Waals surface area (Å²) in [6, 6.07) is 6.57. The molecule has 0 aromatic heterocycles. The van der Waals surface area contributed by atoms with Gasteiger partial charge in [0.05, 0.1) is 12.5 Å². The Morgan fingerprint density at radius 1 is 1.35 bits per heavy atom. The van der Waals surface area contributed by atoms with Crippen LogP contribution in [0.5, 0.6) is 0 Å². The number of hydrogen-bond acceptors (Lipinski definition) is 2. The van der Waals surface area contributed by atoms with Crippen LogP contribution in [0.4, 0.5) is 0 Å². The van der Waals surface area contributed by atoms with Crippen LogP contribution in [0.15, 0.2) is 18.2 Å². The number of ether oxygens (including phenoxy) is 1. The zero-order valence-electron chi connectivity index (χ0n) is 10.5. The number of carbonyl (C=O) groups excluding carboxylic acids is 1. The monoisotopic (exact) mass is 230 g/mol. The van der Waals surface area contributed by atoms with Crippen molar-refractivity contribution in [2.75, 3.05) is 7.11 Å². The molecule has 2 nitrogen and oxygen atoms in total. The topological polar surface area (TPSA) is 26.3 Å². The molecule has 2 heteroatoms. The van der Waals surface area contributed by atoms with Crippen molar-refractivity contribution in [3.63, 3.8) is 0 Å². The minimum Gasteiger partial charge on any atom is -0.468 e. The van der Waals surface area contributed by atoms with Gasteiger partial charge in [0.2, 0.25) is 0 Å². The lowest BCUT2D eigenvalue weighted by Gasteiger charge is -2.15. The SMILES string of the molecule is COC(=O)C1(c2ccc3c(c2)CCC3)CC1C. The molecule has 17 heavy (non-hydrogen) atoms. The molecule has 1 fully saturated rings. The van der Waals surface area contributed by atoms with E-state index < -0.39 is 0 Å². The molecule has 0 saturated heterocycles. The highest BCUT2D eigenvalue weighted by Crippen LogP contribution is 2.55. The summed E-state index contributed by atoms with van der Waals surface area (Å²) in [6.07, 6.45) is 4.53. The summed E-state index contributed by atoms with van der Waals surface area (Å²) in [5.74, 6) is 0.345. The van der Waals surface area contributed by atoms with E-state index in [2.05, 4.69) is 25.1 Å². The van der Waals surface area contributed by atoms with E-state index >= 15 is 0 Å². The lowest BCUT2D eigenvalue weighted by molar-refractivity contribution is -0.144. The quantitative estimate of drug-likeness (QED) is 0.730. The molecule has 0 spiro atoms. The molecular formula is C15H18O2. The third kappa shape index (κ3) is 1.43. The molecule has 0 N–H and O–H groups in total. The van der Waals surface area contributed by atoms with E-state index in [1.807, 2.05) is 0 Å². The molecule has 1 aromatic carbocycles. The zero-order valence-corrected chi connectivity index (χ0v) is 10.5. The smallest absolute Gasteiger partial charge is 0.316 e. The lowest BCUT2D eigenvalue weighted by atomic mass is 9.91. The summed E-state index contributed by atoms with van der Waals surface area (Å²) in [5.41, 5.74) is 3.72. The van der Waals surface area contributed by atoms with E-state index in [0.717, 1.165) is 18.4 Å². The molecule has 0 bridgehead atoms. The van der Waals surface area contributed by atoms with Gasteiger partial charge in [-0.15, -0.1) is 0 Å². The largest absolute Gasteiger partial charge is 0.468 e. The Morgan fingerprint density at radius 2 is 2.06 bits per heavy atom. The molecule has 1 saturated carbocycles. The second kappa shape index (κ2) is 3.59. The normalized spacial score (nSPS) is 29.9. The second-order valence-corrected chi connectivity index (χ2v) is 5.41. The van der Waals surface area contributed by atoms with Crippen molar-refractivity contribution in [1.29, 1.82) is 0 Å². The molecule has 3 rings (SSSR count). The fourth-order valence-electron chi connectivity index (χ4n) is 3.26. The van der Waals surface area contributed by atoms with Gasteiger partial charge < -0.3 is 4.74 Å². The summed E-state index contributed by atoms with van der Waals surface area (Å²) in [7, 11) is 1.49. The van der Waals surface area contributed by atoms with Crippen LogP contribution in [-0.4, -0.2) is 13.1 Å². The fraction of sp³-hybridized carbons (Fsp3) is 0.533. The van der Waals surface area contributed by atoms with Crippen LogP contribution < -0.4 is 0 Å². The summed E-state index contributed by atoms with van der Waals surface area (Å²) >= 11 is 0. The van der Waals surface area contributed by atoms with Gasteiger partial charge >= 0.3 is 5.97 Å². The van der Waals surface area contributed by atoms with E-state index in [4.69, 9.17) is 4.74 Å². The van der Waals surface area contributed by atoms with E-state index in [1.165, 1.54) is 31.1 Å². The van der Waals surface area contributed by atoms with Crippen molar-refractivity contribution in [1.82, 2.24) is 0 Å². The Kier molecular flexibility index (Phi) is 2.29. The molecule has 2 aliphatic rings. The van der Waals surface area contributed by atoms with Crippen molar-refractivity contribution in [3.05, 3.63) is 34.9 Å². The van der Waals surface area contributed by atoms with E-state index in [0.29, 0.717) is 5.92 Å². The minimum atomic E-state index is -0.341. The Hall–Kier alpha value is -1.31. The van der Waals surface area contributed by atoms with Crippen LogP contribution >= 0.6 is 0 Å². The first-order chi connectivity index (χ1) is 8.18. The summed E-state index contributed by atoms with van der Waals surface area (Å²) in [6.45, 7) is 2.13. The van der Waals surface area contributed by atoms with Crippen LogP contribution in [0.3, 0.4) is 0 Å². The zero-order chi connectivity index (χ0) is 12.0. The van der Waals surface area contributed by atoms with Crippen molar-refractivity contribution in [2.24, 2.45) is 5.92 Å². The lowest BCUT2D eigenvalue weighted by Crippen LogP contribution is -2.24. The van der Waals surface area contributed by atoms with Crippen LogP contribution in [0.2, 0.25) is 0 Å². The number of esters is 1. The van der Waals surface area contributed by atoms with Crippen LogP contribution in [0, 0.1) is 5.92 Å². The highest BCUT2D eigenvalue weighted by atomic mass is 16.5. The Balaban J connectivity index is 2.01. The van der Waals surface area contributed by atoms with Gasteiger partial charge in [-0.1, -0.05) is 25.1 Å². The molecule has 0 radical (unpaired) electrons. The predicted molar refractivity (Wildman–Crippen MR) is 65.9 cm³/mol. The van der Waals surface area contributed by atoms with Gasteiger partial charge in [-0.05, 0) is 48.3 Å². The van der Waals surface area contributed by atoms with Gasteiger partial charge in [-0.3, -0.25) is 4.79 Å². The Morgan fingerprint density at radius 3 is 2.71 bits per heavy atom. The predicted octanol–water partition coefficient (Wildman–Crippen LogP) is 2.63. The number of hydrogen-bond donors (Lipinski definition) is 0. The molecule has 2 aliphatic carbocycles. The number of benzene rings is 1. The molecular weight excluding hydrogens is 212 g/mol. The standard InChI is InChI=1S/C15H18O2/c1-10-9-15(10,14(16)17-2)13-7-6-11-4-3-5-12(11)8-13/h6-8,10H,3-5,9H2,1-2H3. The average Bonchev–Trinajstić information content (AvgIpc) is 2.83. The molecule has 0 amide bonds. The first-order valence-electron chi connectivity index (χ1n) is 6.39. The number of methoxy groups -OCH3 is 1. The molecule has 2 unspecified atom stereocenters. The molecule has 1 aromatic rings. The van der Waals surface area contributed by atoms with E-state index in [1.54, 1.807) is 0 Å². The van der Waals surface area contributed by atoms with Gasteiger partial charge in [0.1, 0.15) is 0 Å². The summed E-state index contributed by atoms with van der Waals surface area (Å²) in [4.78, 5) is 12.0. The first kappa shape index (κ1) is 10.8. The maximum atomic E-state index is 12.0. The maximum Gasteiger partial charge on any atom is 0.316 e. The first-order valence-corrected chi connectivity index (χ1v) is 6.39. The van der Waals surface area contributed by atoms with Gasteiger partial charge in [-0.2, -0.15) is 0 Å². The highest BCUT2D eigenvalue weighted by molar-refractivity contribution is 5.87. The van der Waals surface area contributed by atoms with Gasteiger partial charge in [0.25, 0.3) is 0 Å². The molecule has 90 valence electrons. The van der Waals surface area contributed by atoms with E-state index in [-0.39, 0.29) is 11.4 Å². The van der Waals surface area contributed by atoms with Crippen molar-refractivity contribution in [3.8, 4) is 0 Å². The Labute approximate surface area is 102 Å². The molecule has 0 heterocycles. The number of carbonyl (C=O) groups is 1. The van der Waals surface area contributed by atoms with Gasteiger partial charge in [-0.25, -0.2) is 0 Å². The van der Waals surface area contributed by atoms with Crippen LogP contribution in [0.25, 0.3) is 0 Å². The number of aryl methyl sites for hydroxylation is 2. The van der Waals surface area contributed by atoms with E-state index in [9.17, 15) is 4.79 Å². The minimum absolute atomic E-state index is 0.0667. The average molecular weight is 230 g/mol. The number of fused-ring (bicyclic) bond motifs is 1. The molecule has 0 aliphatic heterocycles. The van der Waals surface area contributed by atoms with Crippen LogP contribution in [-0.2, 0) is 27.8 Å². The second-order valence-electron chi connectivity index (χ2n) is 5.41. The van der Waals surface area contributed by atoms with Gasteiger partial charge in [0.15, 0.2) is 0 Å². The van der Waals surface area contributed by atoms with Gasteiger partial charge in [0, 0.05) is 0 Å². The fourth-order valence-corrected chi connectivity index (χ4v) is 3.26. The Bertz CT molecular complexity index is 478. The third-order valence-corrected chi connectivity index (χ3v) is 4.47. The number of rotatable bonds is 2. The summed E-state index contributed by atoms with van der Waals surface area (Å²) in [5, 5.41) is 0.